The molecule has 290 valence electrons. The van der Waals surface area contributed by atoms with Gasteiger partial charge in [-0.15, -0.1) is 0 Å². The number of carbonyl (C=O) groups is 4. The number of hydrogen-bond donors (Lipinski definition) is 5. The summed E-state index contributed by atoms with van der Waals surface area (Å²) in [5.74, 6) is -6.07. The summed E-state index contributed by atoms with van der Waals surface area (Å²) in [6, 6.07) is 14.2. The van der Waals surface area contributed by atoms with Gasteiger partial charge in [-0.1, -0.05) is 57.0 Å². The molecule has 14 heteroatoms. The first-order chi connectivity index (χ1) is 25.5. The third kappa shape index (κ3) is 8.69. The van der Waals surface area contributed by atoms with E-state index in [9.17, 15) is 37.5 Å². The highest BCUT2D eigenvalue weighted by Gasteiger charge is 2.46. The van der Waals surface area contributed by atoms with Crippen LogP contribution < -0.4 is 21.7 Å². The largest absolute Gasteiger partial charge is 0.479 e. The van der Waals surface area contributed by atoms with Crippen molar-refractivity contribution >= 4 is 35.1 Å². The van der Waals surface area contributed by atoms with Crippen molar-refractivity contribution in [1.82, 2.24) is 10.2 Å². The van der Waals surface area contributed by atoms with Crippen molar-refractivity contribution in [2.24, 2.45) is 17.6 Å². The van der Waals surface area contributed by atoms with E-state index in [0.29, 0.717) is 30.0 Å². The standard InChI is InChI=1S/C40H47F4N5O5/c1-23(2)39(38(53)54,48-33(50)22-45)21-26-15-18-29(20-31(26)40(42,43)44)47-36(51)30-11-7-19-49(37(52)34-24(3)8-6-12-32(34)41)35(30)25-13-16-28(17-14-25)46-27-9-4-5-10-27/h6,8,12-18,20,23,27,30,35,46H,4-5,7,9-11,19,21-22,45H2,1-3H3,(H,47,51)(H,48,50)(H,53,54)/t30-,35-,39-/m0/s1. The van der Waals surface area contributed by atoms with Gasteiger partial charge < -0.3 is 31.7 Å². The maximum atomic E-state index is 15.1. The quantitative estimate of drug-likeness (QED) is 0.127. The molecular weight excluding hydrogens is 706 g/mol. The number of aryl methyl sites for hydroxylation is 1. The second kappa shape index (κ2) is 16.6. The molecule has 1 aliphatic carbocycles. The van der Waals surface area contributed by atoms with Gasteiger partial charge in [-0.2, -0.15) is 13.2 Å². The first-order valence-corrected chi connectivity index (χ1v) is 18.2. The number of likely N-dealkylation sites (tertiary alicyclic amines) is 1. The van der Waals surface area contributed by atoms with Crippen molar-refractivity contribution in [1.29, 1.82) is 0 Å². The van der Waals surface area contributed by atoms with Crippen LogP contribution in [0.25, 0.3) is 0 Å². The monoisotopic (exact) mass is 753 g/mol. The maximum absolute atomic E-state index is 15.1. The number of halogens is 4. The highest BCUT2D eigenvalue weighted by molar-refractivity contribution is 5.98. The van der Waals surface area contributed by atoms with E-state index in [1.165, 1.54) is 36.9 Å². The van der Waals surface area contributed by atoms with Crippen LogP contribution in [0.3, 0.4) is 0 Å². The molecule has 0 aromatic heterocycles. The van der Waals surface area contributed by atoms with Crippen LogP contribution in [0.1, 0.15) is 91.0 Å². The molecule has 5 rings (SSSR count). The van der Waals surface area contributed by atoms with Crippen molar-refractivity contribution in [2.45, 2.75) is 89.5 Å². The number of rotatable bonds is 12. The second-order valence-electron chi connectivity index (χ2n) is 14.6. The minimum Gasteiger partial charge on any atom is -0.479 e. The number of carboxylic acids is 1. The number of nitrogens with zero attached hydrogens (tertiary/aromatic N) is 1. The zero-order valence-electron chi connectivity index (χ0n) is 30.6. The van der Waals surface area contributed by atoms with Crippen LogP contribution in [0.5, 0.6) is 0 Å². The fourth-order valence-electron chi connectivity index (χ4n) is 7.72. The molecule has 54 heavy (non-hydrogen) atoms. The van der Waals surface area contributed by atoms with E-state index >= 15 is 4.39 Å². The lowest BCUT2D eigenvalue weighted by atomic mass is 9.79. The fourth-order valence-corrected chi connectivity index (χ4v) is 7.72. The SMILES string of the molecule is Cc1cccc(F)c1C(=O)N1CCC[C@H](C(=O)Nc2ccc(C[C@@](NC(=O)CN)(C(=O)O)C(C)C)c(C(F)(F)F)c2)[C@@H]1c1ccc(NC2CCCC2)cc1. The first kappa shape index (κ1) is 40.2. The molecule has 1 saturated heterocycles. The summed E-state index contributed by atoms with van der Waals surface area (Å²) in [4.78, 5) is 54.4. The molecule has 1 saturated carbocycles. The average molecular weight is 754 g/mol. The predicted octanol–water partition coefficient (Wildman–Crippen LogP) is 6.84. The van der Waals surface area contributed by atoms with Gasteiger partial charge >= 0.3 is 12.1 Å². The molecule has 1 aliphatic heterocycles. The van der Waals surface area contributed by atoms with Crippen LogP contribution in [-0.2, 0) is 27.0 Å². The maximum Gasteiger partial charge on any atom is 0.416 e. The summed E-state index contributed by atoms with van der Waals surface area (Å²) in [7, 11) is 0. The molecular formula is C40H47F4N5O5. The molecule has 3 amide bonds. The number of nitrogens with two attached hydrogens (primary N) is 1. The van der Waals surface area contributed by atoms with E-state index in [2.05, 4.69) is 16.0 Å². The number of hydrogen-bond acceptors (Lipinski definition) is 6. The van der Waals surface area contributed by atoms with Gasteiger partial charge in [0.05, 0.1) is 29.6 Å². The molecule has 3 aromatic carbocycles. The third-order valence-corrected chi connectivity index (χ3v) is 10.7. The predicted molar refractivity (Wildman–Crippen MR) is 196 cm³/mol. The van der Waals surface area contributed by atoms with E-state index in [-0.39, 0.29) is 17.8 Å². The van der Waals surface area contributed by atoms with Gasteiger partial charge in [-0.05, 0) is 85.5 Å². The van der Waals surface area contributed by atoms with E-state index in [1.54, 1.807) is 13.0 Å². The number of nitrogens with one attached hydrogen (secondary N) is 3. The van der Waals surface area contributed by atoms with Crippen LogP contribution in [0.4, 0.5) is 28.9 Å². The molecule has 0 spiro atoms. The molecule has 6 N–H and O–H groups in total. The molecule has 3 atom stereocenters. The third-order valence-electron chi connectivity index (χ3n) is 10.7. The molecule has 1 heterocycles. The molecule has 0 unspecified atom stereocenters. The summed E-state index contributed by atoms with van der Waals surface area (Å²) in [6.07, 6.45) is -0.615. The summed E-state index contributed by atoms with van der Waals surface area (Å²) in [5, 5.41) is 18.6. The Morgan fingerprint density at radius 1 is 0.944 bits per heavy atom. The Morgan fingerprint density at radius 3 is 2.20 bits per heavy atom. The minimum absolute atomic E-state index is 0.116. The number of benzene rings is 3. The van der Waals surface area contributed by atoms with Gasteiger partial charge in [0.15, 0.2) is 0 Å². The van der Waals surface area contributed by atoms with Gasteiger partial charge in [0.2, 0.25) is 11.8 Å². The zero-order valence-corrected chi connectivity index (χ0v) is 30.6. The lowest BCUT2D eigenvalue weighted by Gasteiger charge is -2.41. The van der Waals surface area contributed by atoms with Gasteiger partial charge in [0.25, 0.3) is 5.91 Å². The van der Waals surface area contributed by atoms with Crippen LogP contribution in [0.2, 0.25) is 0 Å². The van der Waals surface area contributed by atoms with Crippen LogP contribution in [0.15, 0.2) is 60.7 Å². The Labute approximate surface area is 311 Å². The molecule has 10 nitrogen and oxygen atoms in total. The van der Waals surface area contributed by atoms with Gasteiger partial charge in [-0.25, -0.2) is 9.18 Å². The molecule has 0 radical (unpaired) electrons. The van der Waals surface area contributed by atoms with Gasteiger partial charge in [0, 0.05) is 30.4 Å². The molecule has 0 bridgehead atoms. The van der Waals surface area contributed by atoms with Crippen molar-refractivity contribution in [3.8, 4) is 0 Å². The summed E-state index contributed by atoms with van der Waals surface area (Å²) >= 11 is 0. The van der Waals surface area contributed by atoms with E-state index in [1.807, 2.05) is 24.3 Å². The number of amides is 3. The Bertz CT molecular complexity index is 1840. The zero-order chi connectivity index (χ0) is 39.4. The Kier molecular flexibility index (Phi) is 12.3. The Balaban J connectivity index is 1.49. The summed E-state index contributed by atoms with van der Waals surface area (Å²) in [5.41, 5.74) is 3.27. The fraction of sp³-hybridized carbons (Fsp3) is 0.450. The highest BCUT2D eigenvalue weighted by atomic mass is 19.4. The summed E-state index contributed by atoms with van der Waals surface area (Å²) < 4.78 is 58.9. The van der Waals surface area contributed by atoms with Crippen LogP contribution >= 0.6 is 0 Å². The van der Waals surface area contributed by atoms with Crippen molar-refractivity contribution in [3.63, 3.8) is 0 Å². The number of anilines is 2. The number of piperidine rings is 1. The number of aliphatic carboxylic acids is 1. The van der Waals surface area contributed by atoms with Gasteiger partial charge in [0.1, 0.15) is 11.4 Å². The summed E-state index contributed by atoms with van der Waals surface area (Å²) in [6.45, 7) is 4.21. The number of carboxylic acid groups (broad SMARTS) is 1. The number of alkyl halides is 3. The molecule has 2 fully saturated rings. The average Bonchev–Trinajstić information content (AvgIpc) is 3.64. The number of carbonyl (C=O) groups excluding carboxylic acids is 3. The van der Waals surface area contributed by atoms with Crippen LogP contribution in [-0.4, -0.2) is 58.4 Å². The lowest BCUT2D eigenvalue weighted by Crippen LogP contribution is -2.60. The van der Waals surface area contributed by atoms with Gasteiger partial charge in [-0.3, -0.25) is 14.4 Å². The highest BCUT2D eigenvalue weighted by Crippen LogP contribution is 2.41. The van der Waals surface area contributed by atoms with E-state index in [4.69, 9.17) is 5.73 Å². The minimum atomic E-state index is -4.96. The van der Waals surface area contributed by atoms with Crippen molar-refractivity contribution in [3.05, 3.63) is 94.3 Å². The van der Waals surface area contributed by atoms with E-state index in [0.717, 1.165) is 43.5 Å². The smallest absolute Gasteiger partial charge is 0.416 e. The molecule has 3 aromatic rings. The topological polar surface area (TPSA) is 154 Å². The second-order valence-corrected chi connectivity index (χ2v) is 14.6. The normalized spacial score (nSPS) is 18.9. The Morgan fingerprint density at radius 2 is 1.61 bits per heavy atom. The van der Waals surface area contributed by atoms with Crippen LogP contribution in [0, 0.1) is 24.6 Å². The molecule has 2 aliphatic rings. The van der Waals surface area contributed by atoms with E-state index < -0.39 is 83.2 Å². The van der Waals surface area contributed by atoms with Crippen molar-refractivity contribution < 1.29 is 41.8 Å². The van der Waals surface area contributed by atoms with Crippen molar-refractivity contribution in [2.75, 3.05) is 23.7 Å². The lowest BCUT2D eigenvalue weighted by molar-refractivity contribution is -0.150. The Hall–Kier alpha value is -4.98. The first-order valence-electron chi connectivity index (χ1n) is 18.2.